The van der Waals surface area contributed by atoms with Crippen molar-refractivity contribution in [2.24, 2.45) is 5.92 Å². The Morgan fingerprint density at radius 3 is 2.41 bits per heavy atom. The van der Waals surface area contributed by atoms with Crippen LogP contribution in [0.4, 0.5) is 10.1 Å². The smallest absolute Gasteiger partial charge is 0.258 e. The second-order valence-corrected chi connectivity index (χ2v) is 9.06. The quantitative estimate of drug-likeness (QED) is 0.823. The number of hydrogen-bond acceptors (Lipinski definition) is 3. The van der Waals surface area contributed by atoms with Crippen molar-refractivity contribution in [3.8, 4) is 0 Å². The first-order chi connectivity index (χ1) is 12.8. The van der Waals surface area contributed by atoms with Gasteiger partial charge >= 0.3 is 0 Å². The zero-order chi connectivity index (χ0) is 19.6. The molecule has 0 atom stereocenters. The van der Waals surface area contributed by atoms with E-state index in [0.717, 1.165) is 18.9 Å². The minimum Gasteiger partial charge on any atom is -0.322 e. The number of rotatable bonds is 4. The van der Waals surface area contributed by atoms with Gasteiger partial charge in [-0.3, -0.25) is 4.79 Å². The molecule has 1 saturated heterocycles. The number of hydrogen-bond donors (Lipinski definition) is 1. The number of anilines is 1. The topological polar surface area (TPSA) is 66.5 Å². The summed E-state index contributed by atoms with van der Waals surface area (Å²) in [7, 11) is -3.55. The molecule has 1 fully saturated rings. The molecule has 144 valence electrons. The molecular formula is C19H20ClFN2O3S. The molecule has 3 rings (SSSR count). The van der Waals surface area contributed by atoms with Crippen LogP contribution in [0.15, 0.2) is 47.4 Å². The summed E-state index contributed by atoms with van der Waals surface area (Å²) in [5.74, 6) is -0.813. The third kappa shape index (κ3) is 4.48. The average molecular weight is 411 g/mol. The van der Waals surface area contributed by atoms with Gasteiger partial charge in [-0.15, -0.1) is 0 Å². The number of amides is 1. The molecule has 5 nitrogen and oxygen atoms in total. The number of carbonyl (C=O) groups excluding carboxylic acids is 1. The second-order valence-electron chi connectivity index (χ2n) is 6.69. The van der Waals surface area contributed by atoms with Crippen molar-refractivity contribution < 1.29 is 17.6 Å². The number of halogens is 2. The van der Waals surface area contributed by atoms with E-state index in [1.807, 2.05) is 0 Å². The van der Waals surface area contributed by atoms with Crippen molar-refractivity contribution in [3.05, 3.63) is 58.9 Å². The first-order valence-electron chi connectivity index (χ1n) is 8.64. The minimum absolute atomic E-state index is 0.170. The molecule has 1 amide bonds. The van der Waals surface area contributed by atoms with Crippen molar-refractivity contribution >= 4 is 33.2 Å². The summed E-state index contributed by atoms with van der Waals surface area (Å²) in [6.07, 6.45) is 1.69. The monoisotopic (exact) mass is 410 g/mol. The number of nitrogens with one attached hydrogen (secondary N) is 1. The van der Waals surface area contributed by atoms with Gasteiger partial charge in [-0.2, -0.15) is 4.31 Å². The van der Waals surface area contributed by atoms with Crippen LogP contribution in [0.3, 0.4) is 0 Å². The molecule has 1 N–H and O–H groups in total. The molecule has 0 spiro atoms. The number of nitrogens with zero attached hydrogens (tertiary/aromatic N) is 1. The van der Waals surface area contributed by atoms with Crippen molar-refractivity contribution in [1.82, 2.24) is 4.31 Å². The van der Waals surface area contributed by atoms with E-state index in [-0.39, 0.29) is 15.5 Å². The van der Waals surface area contributed by atoms with Crippen molar-refractivity contribution in [3.63, 3.8) is 0 Å². The van der Waals surface area contributed by atoms with Gasteiger partial charge in [-0.25, -0.2) is 12.8 Å². The van der Waals surface area contributed by atoms with Gasteiger partial charge in [0.05, 0.1) is 10.5 Å². The Morgan fingerprint density at radius 1 is 1.15 bits per heavy atom. The van der Waals surface area contributed by atoms with Crippen LogP contribution in [0, 0.1) is 11.7 Å². The summed E-state index contributed by atoms with van der Waals surface area (Å²) >= 11 is 5.80. The van der Waals surface area contributed by atoms with Crippen LogP contribution in [0.5, 0.6) is 0 Å². The molecule has 1 aliphatic rings. The summed E-state index contributed by atoms with van der Waals surface area (Å²) in [6.45, 7) is 3.14. The molecule has 0 unspecified atom stereocenters. The molecule has 0 bridgehead atoms. The van der Waals surface area contributed by atoms with E-state index in [2.05, 4.69) is 12.2 Å². The lowest BCUT2D eigenvalue weighted by atomic mass is 10.0. The normalized spacial score (nSPS) is 16.3. The summed E-state index contributed by atoms with van der Waals surface area (Å²) in [4.78, 5) is 12.4. The molecule has 8 heteroatoms. The highest BCUT2D eigenvalue weighted by Crippen LogP contribution is 2.24. The van der Waals surface area contributed by atoms with Crippen LogP contribution in [0.25, 0.3) is 0 Å². The van der Waals surface area contributed by atoms with E-state index in [9.17, 15) is 17.6 Å². The number of carbonyl (C=O) groups is 1. The average Bonchev–Trinajstić information content (AvgIpc) is 2.64. The Bertz CT molecular complexity index is 940. The van der Waals surface area contributed by atoms with E-state index in [1.54, 1.807) is 0 Å². The summed E-state index contributed by atoms with van der Waals surface area (Å²) in [5.41, 5.74) is 0.187. The van der Waals surface area contributed by atoms with Gasteiger partial charge < -0.3 is 5.32 Å². The van der Waals surface area contributed by atoms with Crippen LogP contribution < -0.4 is 5.32 Å². The molecule has 0 radical (unpaired) electrons. The van der Waals surface area contributed by atoms with E-state index >= 15 is 0 Å². The van der Waals surface area contributed by atoms with Crippen molar-refractivity contribution in [1.29, 1.82) is 0 Å². The Morgan fingerprint density at radius 2 is 1.78 bits per heavy atom. The SMILES string of the molecule is CC1CCN(S(=O)(=O)c2ccc(NC(=O)c3cc(Cl)ccc3F)cc2)CC1. The molecule has 0 saturated carbocycles. The molecule has 0 aliphatic carbocycles. The van der Waals surface area contributed by atoms with Gasteiger partial charge in [0.25, 0.3) is 5.91 Å². The van der Waals surface area contributed by atoms with E-state index in [1.165, 1.54) is 40.7 Å². The first kappa shape index (κ1) is 19.8. The number of benzene rings is 2. The Hall–Kier alpha value is -1.96. The molecule has 0 aromatic heterocycles. The minimum atomic E-state index is -3.55. The standard InChI is InChI=1S/C19H20ClFN2O3S/c1-13-8-10-23(11-9-13)27(25,26)16-5-3-15(4-6-16)22-19(24)17-12-14(20)2-7-18(17)21/h2-7,12-13H,8-11H2,1H3,(H,22,24). The Labute approximate surface area is 163 Å². The highest BCUT2D eigenvalue weighted by Gasteiger charge is 2.28. The fourth-order valence-corrected chi connectivity index (χ4v) is 4.60. The molecule has 2 aromatic rings. The maximum atomic E-state index is 13.8. The lowest BCUT2D eigenvalue weighted by molar-refractivity contribution is 0.102. The predicted octanol–water partition coefficient (Wildman–Crippen LogP) is 4.15. The van der Waals surface area contributed by atoms with Crippen LogP contribution in [-0.2, 0) is 10.0 Å². The van der Waals surface area contributed by atoms with Crippen LogP contribution in [0.2, 0.25) is 5.02 Å². The van der Waals surface area contributed by atoms with Gasteiger partial charge in [-0.1, -0.05) is 18.5 Å². The maximum absolute atomic E-state index is 13.8. The molecular weight excluding hydrogens is 391 g/mol. The van der Waals surface area contributed by atoms with Crippen LogP contribution in [-0.4, -0.2) is 31.7 Å². The molecule has 1 aliphatic heterocycles. The Kier molecular flexibility index (Phi) is 5.83. The first-order valence-corrected chi connectivity index (χ1v) is 10.5. The fourth-order valence-electron chi connectivity index (χ4n) is 2.95. The van der Waals surface area contributed by atoms with Gasteiger partial charge in [0.1, 0.15) is 5.82 Å². The second kappa shape index (κ2) is 7.96. The zero-order valence-corrected chi connectivity index (χ0v) is 16.4. The molecule has 1 heterocycles. The van der Waals surface area contributed by atoms with Crippen molar-refractivity contribution in [2.45, 2.75) is 24.7 Å². The third-order valence-corrected chi connectivity index (χ3v) is 6.81. The molecule has 27 heavy (non-hydrogen) atoms. The number of piperidine rings is 1. The predicted molar refractivity (Wildman–Crippen MR) is 103 cm³/mol. The lowest BCUT2D eigenvalue weighted by Crippen LogP contribution is -2.37. The van der Waals surface area contributed by atoms with E-state index in [4.69, 9.17) is 11.6 Å². The number of sulfonamides is 1. The largest absolute Gasteiger partial charge is 0.322 e. The highest BCUT2D eigenvalue weighted by atomic mass is 35.5. The highest BCUT2D eigenvalue weighted by molar-refractivity contribution is 7.89. The Balaban J connectivity index is 1.73. The summed E-state index contributed by atoms with van der Waals surface area (Å²) < 4.78 is 40.7. The van der Waals surface area contributed by atoms with Gasteiger partial charge in [-0.05, 0) is 61.2 Å². The summed E-state index contributed by atoms with van der Waals surface area (Å²) in [6, 6.07) is 9.57. The van der Waals surface area contributed by atoms with Gasteiger partial charge in [0.2, 0.25) is 10.0 Å². The maximum Gasteiger partial charge on any atom is 0.258 e. The van der Waals surface area contributed by atoms with E-state index < -0.39 is 21.7 Å². The van der Waals surface area contributed by atoms with E-state index in [0.29, 0.717) is 24.7 Å². The summed E-state index contributed by atoms with van der Waals surface area (Å²) in [5, 5.41) is 2.79. The molecule has 2 aromatic carbocycles. The van der Waals surface area contributed by atoms with Gasteiger partial charge in [0.15, 0.2) is 0 Å². The van der Waals surface area contributed by atoms with Gasteiger partial charge in [0, 0.05) is 23.8 Å². The zero-order valence-electron chi connectivity index (χ0n) is 14.8. The fraction of sp³-hybridized carbons (Fsp3) is 0.316. The van der Waals surface area contributed by atoms with Crippen LogP contribution in [0.1, 0.15) is 30.1 Å². The van der Waals surface area contributed by atoms with Crippen molar-refractivity contribution in [2.75, 3.05) is 18.4 Å². The third-order valence-electron chi connectivity index (χ3n) is 4.67. The lowest BCUT2D eigenvalue weighted by Gasteiger charge is -2.29. The van der Waals surface area contributed by atoms with Crippen LogP contribution >= 0.6 is 11.6 Å².